The highest BCUT2D eigenvalue weighted by atomic mass is 16.4. The van der Waals surface area contributed by atoms with Gasteiger partial charge in [0, 0.05) is 55.9 Å². The number of anilines is 2. The molecule has 18 nitrogen and oxygen atoms in total. The predicted octanol–water partition coefficient (Wildman–Crippen LogP) is 0.729. The van der Waals surface area contributed by atoms with Crippen LogP contribution in [0.4, 0.5) is 21.2 Å². The number of likely N-dealkylation sites (tertiary alicyclic amines) is 3. The average Bonchev–Trinajstić information content (AvgIpc) is 3.14. The van der Waals surface area contributed by atoms with Gasteiger partial charge in [-0.05, 0) is 74.6 Å². The van der Waals surface area contributed by atoms with E-state index in [1.807, 2.05) is 6.07 Å². The van der Waals surface area contributed by atoms with Crippen molar-refractivity contribution in [1.29, 1.82) is 0 Å². The highest BCUT2D eigenvalue weighted by Gasteiger charge is 2.53. The Kier molecular flexibility index (Phi) is 11.0. The first kappa shape index (κ1) is 39.0. The number of pyridine rings is 2. The Balaban J connectivity index is 0.859. The number of rotatable bonds is 11. The Bertz CT molecular complexity index is 1860. The van der Waals surface area contributed by atoms with E-state index >= 15 is 0 Å². The first-order valence-corrected chi connectivity index (χ1v) is 19.4. The molecule has 2 aromatic rings. The minimum Gasteiger partial charge on any atom is -0.481 e. The minimum atomic E-state index is -1.73. The largest absolute Gasteiger partial charge is 0.481 e. The van der Waals surface area contributed by atoms with Crippen molar-refractivity contribution >= 4 is 41.5 Å². The molecule has 7 heterocycles. The zero-order chi connectivity index (χ0) is 39.8. The zero-order valence-electron chi connectivity index (χ0n) is 31.5. The number of aromatic nitrogens is 2. The Morgan fingerprint density at radius 1 is 0.839 bits per heavy atom. The molecule has 0 saturated carbocycles. The quantitative estimate of drug-likeness (QED) is 0.147. The first-order valence-electron chi connectivity index (χ1n) is 19.4. The number of fused-ring (bicyclic) bond motifs is 2. The van der Waals surface area contributed by atoms with Gasteiger partial charge in [-0.1, -0.05) is 12.1 Å². The van der Waals surface area contributed by atoms with Crippen molar-refractivity contribution < 1.29 is 44.4 Å². The van der Waals surface area contributed by atoms with Crippen LogP contribution in [0.2, 0.25) is 0 Å². The molecule has 7 rings (SSSR count). The van der Waals surface area contributed by atoms with Gasteiger partial charge < -0.3 is 56.4 Å². The molecule has 56 heavy (non-hydrogen) atoms. The number of hydrogen-bond donors (Lipinski definition) is 8. The molecule has 3 atom stereocenters. The van der Waals surface area contributed by atoms with E-state index in [9.17, 15) is 39.3 Å². The summed E-state index contributed by atoms with van der Waals surface area (Å²) in [7, 11) is 0. The molecule has 3 fully saturated rings. The molecular formula is C38H51N9O9. The molecule has 8 N–H and O–H groups in total. The number of carboxylic acid groups (broad SMARTS) is 2. The number of carbonyl (C=O) groups is 5. The lowest BCUT2D eigenvalue weighted by Crippen LogP contribution is -2.74. The molecule has 5 aliphatic rings. The maximum Gasteiger partial charge on any atom is 0.329 e. The van der Waals surface area contributed by atoms with Crippen LogP contribution in [0.1, 0.15) is 73.9 Å². The van der Waals surface area contributed by atoms with E-state index in [0.29, 0.717) is 32.5 Å². The van der Waals surface area contributed by atoms with E-state index in [-0.39, 0.29) is 56.6 Å². The minimum absolute atomic E-state index is 0.0376. The van der Waals surface area contributed by atoms with Crippen LogP contribution in [-0.2, 0) is 33.6 Å². The monoisotopic (exact) mass is 777 g/mol. The van der Waals surface area contributed by atoms with E-state index in [0.717, 1.165) is 67.1 Å². The summed E-state index contributed by atoms with van der Waals surface area (Å²) in [6.45, 7) is 2.35. The highest BCUT2D eigenvalue weighted by Crippen LogP contribution is 2.35. The van der Waals surface area contributed by atoms with E-state index in [1.54, 1.807) is 4.90 Å². The Labute approximate surface area is 324 Å². The standard InChI is InChI=1S/C38H51N9O9/c1-22(48)40-31(34(51)52)38(56)20-46(21-38)35(53)39-14-2-3-26-8-4-24-6-10-28(43-32(24)41-26)29-11-7-25-5-9-27(42-33(25)44-29)23-12-15-45(16-13-23)36(54)47-18-37(55,19-47)17-30(49)50/h4-5,8-9,23,28-29,31,55-56H,2-3,6-7,10-21H2,1H3,(H,39,53)(H,40,48)(H,41,43)(H,42,44)(H,49,50)(H,51,52). The lowest BCUT2D eigenvalue weighted by molar-refractivity contribution is -0.160. The van der Waals surface area contributed by atoms with Crippen molar-refractivity contribution in [2.24, 2.45) is 0 Å². The third kappa shape index (κ3) is 8.45. The molecular weight excluding hydrogens is 726 g/mol. The molecule has 2 aromatic heterocycles. The summed E-state index contributed by atoms with van der Waals surface area (Å²) in [5.41, 5.74) is 1.18. The number of aliphatic carboxylic acids is 2. The van der Waals surface area contributed by atoms with Crippen LogP contribution in [0, 0.1) is 0 Å². The summed E-state index contributed by atoms with van der Waals surface area (Å²) >= 11 is 0. The number of amides is 5. The molecule has 302 valence electrons. The maximum atomic E-state index is 13.0. The molecule has 18 heteroatoms. The molecule has 5 aliphatic heterocycles. The Morgan fingerprint density at radius 2 is 1.46 bits per heavy atom. The topological polar surface area (TPSA) is 250 Å². The fourth-order valence-corrected chi connectivity index (χ4v) is 8.68. The van der Waals surface area contributed by atoms with Crippen molar-refractivity contribution in [1.82, 2.24) is 35.3 Å². The van der Waals surface area contributed by atoms with Crippen molar-refractivity contribution in [2.45, 2.75) is 100.0 Å². The number of nitrogens with zero attached hydrogens (tertiary/aromatic N) is 5. The zero-order valence-corrected chi connectivity index (χ0v) is 31.5. The normalized spacial score (nSPS) is 22.8. The van der Waals surface area contributed by atoms with Crippen molar-refractivity contribution in [3.8, 4) is 0 Å². The Hall–Kier alpha value is -5.23. The summed E-state index contributed by atoms with van der Waals surface area (Å²) in [6, 6.07) is 6.64. The van der Waals surface area contributed by atoms with E-state index < -0.39 is 41.1 Å². The maximum absolute atomic E-state index is 13.0. The number of aliphatic hydroxyl groups is 2. The lowest BCUT2D eigenvalue weighted by atomic mass is 9.86. The van der Waals surface area contributed by atoms with E-state index in [4.69, 9.17) is 15.1 Å². The van der Waals surface area contributed by atoms with Crippen LogP contribution in [0.5, 0.6) is 0 Å². The molecule has 5 amide bonds. The van der Waals surface area contributed by atoms with Gasteiger partial charge in [0.2, 0.25) is 5.91 Å². The fourth-order valence-electron chi connectivity index (χ4n) is 8.68. The van der Waals surface area contributed by atoms with Crippen molar-refractivity contribution in [3.63, 3.8) is 0 Å². The average molecular weight is 778 g/mol. The van der Waals surface area contributed by atoms with Crippen molar-refractivity contribution in [3.05, 3.63) is 46.8 Å². The van der Waals surface area contributed by atoms with Crippen LogP contribution < -0.4 is 21.3 Å². The molecule has 0 bridgehead atoms. The number of aryl methyl sites for hydroxylation is 3. The van der Waals surface area contributed by atoms with Gasteiger partial charge >= 0.3 is 24.0 Å². The fraction of sp³-hybridized carbons (Fsp3) is 0.605. The van der Waals surface area contributed by atoms with Crippen LogP contribution in [0.3, 0.4) is 0 Å². The third-order valence-electron chi connectivity index (χ3n) is 11.8. The lowest BCUT2D eigenvalue weighted by Gasteiger charge is -2.48. The molecule has 0 aliphatic carbocycles. The van der Waals surface area contributed by atoms with Gasteiger partial charge in [-0.2, -0.15) is 0 Å². The predicted molar refractivity (Wildman–Crippen MR) is 201 cm³/mol. The first-order chi connectivity index (χ1) is 26.7. The third-order valence-corrected chi connectivity index (χ3v) is 11.8. The van der Waals surface area contributed by atoms with Gasteiger partial charge in [0.05, 0.1) is 32.6 Å². The SMILES string of the molecule is CC(=O)NC(C(=O)O)C1(O)CN(C(=O)NCCCc2ccc3c(n2)NC(C2CCc4ccc(C5CCN(C(=O)N6CC(O)(CC(=O)O)C6)CC5)nc4N2)CC3)C1. The Morgan fingerprint density at radius 3 is 2.07 bits per heavy atom. The second-order valence-corrected chi connectivity index (χ2v) is 16.1. The van der Waals surface area contributed by atoms with Gasteiger partial charge in [0.15, 0.2) is 6.04 Å². The van der Waals surface area contributed by atoms with Gasteiger partial charge in [0.1, 0.15) is 22.8 Å². The number of nitrogens with one attached hydrogen (secondary N) is 4. The molecule has 3 saturated heterocycles. The van der Waals surface area contributed by atoms with Crippen molar-refractivity contribution in [2.75, 3.05) is 56.4 Å². The smallest absolute Gasteiger partial charge is 0.329 e. The van der Waals surface area contributed by atoms with E-state index in [2.05, 4.69) is 39.5 Å². The van der Waals surface area contributed by atoms with Crippen LogP contribution in [-0.4, -0.2) is 150 Å². The summed E-state index contributed by atoms with van der Waals surface area (Å²) in [5.74, 6) is -1.03. The summed E-state index contributed by atoms with van der Waals surface area (Å²) < 4.78 is 0. The number of urea groups is 2. The molecule has 0 aromatic carbocycles. The summed E-state index contributed by atoms with van der Waals surface area (Å²) in [5, 5.41) is 51.8. The second kappa shape index (κ2) is 15.7. The van der Waals surface area contributed by atoms with E-state index in [1.165, 1.54) is 22.3 Å². The number of β-amino-alcohol motifs (C(OH)–C–C–N with tert-alkyl or cyclic N) is 2. The van der Waals surface area contributed by atoms with Crippen LogP contribution in [0.15, 0.2) is 24.3 Å². The number of piperidine rings is 1. The second-order valence-electron chi connectivity index (χ2n) is 16.1. The van der Waals surface area contributed by atoms with Crippen LogP contribution >= 0.6 is 0 Å². The van der Waals surface area contributed by atoms with Gasteiger partial charge in [-0.25, -0.2) is 24.4 Å². The number of hydrogen-bond acceptors (Lipinski definition) is 11. The number of carbonyl (C=O) groups excluding carboxylic acids is 3. The molecule has 0 radical (unpaired) electrons. The van der Waals surface area contributed by atoms with Gasteiger partial charge in [0.25, 0.3) is 0 Å². The molecule has 0 spiro atoms. The van der Waals surface area contributed by atoms with Gasteiger partial charge in [-0.3, -0.25) is 9.59 Å². The number of carboxylic acids is 2. The van der Waals surface area contributed by atoms with Gasteiger partial charge in [-0.15, -0.1) is 0 Å². The summed E-state index contributed by atoms with van der Waals surface area (Å²) in [4.78, 5) is 74.1. The van der Waals surface area contributed by atoms with Crippen LogP contribution in [0.25, 0.3) is 0 Å². The highest BCUT2D eigenvalue weighted by molar-refractivity contribution is 5.84. The summed E-state index contributed by atoms with van der Waals surface area (Å²) in [6.07, 6.45) is 6.16. The molecule has 3 unspecified atom stereocenters.